The van der Waals surface area contributed by atoms with E-state index in [9.17, 15) is 9.90 Å². The van der Waals surface area contributed by atoms with E-state index in [1.807, 2.05) is 6.07 Å². The number of hydrogen-bond donors (Lipinski definition) is 2. The fourth-order valence-corrected chi connectivity index (χ4v) is 3.00. The van der Waals surface area contributed by atoms with E-state index >= 15 is 0 Å². The Labute approximate surface area is 101 Å². The molecule has 0 atom stereocenters. The van der Waals surface area contributed by atoms with Gasteiger partial charge in [-0.15, -0.1) is 0 Å². The molecule has 0 unspecified atom stereocenters. The van der Waals surface area contributed by atoms with Gasteiger partial charge in [-0.2, -0.15) is 0 Å². The van der Waals surface area contributed by atoms with Gasteiger partial charge in [0.1, 0.15) is 0 Å². The summed E-state index contributed by atoms with van der Waals surface area (Å²) in [5.74, 6) is 0.276. The molecule has 3 nitrogen and oxygen atoms in total. The summed E-state index contributed by atoms with van der Waals surface area (Å²) in [5, 5.41) is 9.23. The van der Waals surface area contributed by atoms with E-state index in [2.05, 4.69) is 4.98 Å². The Morgan fingerprint density at radius 1 is 1.12 bits per heavy atom. The quantitative estimate of drug-likeness (QED) is 0.837. The third kappa shape index (κ3) is 2.11. The standard InChI is InChI=1S/C14H19NO2/c16-14(17)11-8-12(9-4-2-1-3-5-9)15-13(11)10-6-7-10/h8-10,15H,1-7H2,(H,16,17). The summed E-state index contributed by atoms with van der Waals surface area (Å²) >= 11 is 0. The number of carboxylic acid groups (broad SMARTS) is 1. The van der Waals surface area contributed by atoms with Crippen LogP contribution in [0.4, 0.5) is 0 Å². The predicted octanol–water partition coefficient (Wildman–Crippen LogP) is 3.64. The first-order valence-corrected chi connectivity index (χ1v) is 6.72. The molecule has 2 N–H and O–H groups in total. The average molecular weight is 233 g/mol. The molecule has 17 heavy (non-hydrogen) atoms. The van der Waals surface area contributed by atoms with Crippen LogP contribution >= 0.6 is 0 Å². The number of aromatic amines is 1. The summed E-state index contributed by atoms with van der Waals surface area (Å²) in [6.45, 7) is 0. The Balaban J connectivity index is 1.89. The van der Waals surface area contributed by atoms with Gasteiger partial charge < -0.3 is 10.1 Å². The number of rotatable bonds is 3. The third-order valence-corrected chi connectivity index (χ3v) is 4.13. The molecule has 2 aliphatic carbocycles. The monoisotopic (exact) mass is 233 g/mol. The number of hydrogen-bond acceptors (Lipinski definition) is 1. The summed E-state index contributed by atoms with van der Waals surface area (Å²) < 4.78 is 0. The minimum absolute atomic E-state index is 0.485. The average Bonchev–Trinajstić information content (AvgIpc) is 3.09. The van der Waals surface area contributed by atoms with Gasteiger partial charge in [0.25, 0.3) is 0 Å². The number of nitrogens with one attached hydrogen (secondary N) is 1. The molecule has 0 bridgehead atoms. The molecule has 3 heteroatoms. The van der Waals surface area contributed by atoms with Crippen molar-refractivity contribution in [3.8, 4) is 0 Å². The first-order chi connectivity index (χ1) is 8.25. The van der Waals surface area contributed by atoms with Crippen LogP contribution in [0.15, 0.2) is 6.07 Å². The highest BCUT2D eigenvalue weighted by Gasteiger charge is 2.31. The third-order valence-electron chi connectivity index (χ3n) is 4.13. The van der Waals surface area contributed by atoms with Crippen LogP contribution in [-0.2, 0) is 0 Å². The van der Waals surface area contributed by atoms with Crippen LogP contribution in [0.25, 0.3) is 0 Å². The second-order valence-corrected chi connectivity index (χ2v) is 5.47. The highest BCUT2D eigenvalue weighted by molar-refractivity contribution is 5.89. The van der Waals surface area contributed by atoms with Crippen LogP contribution in [0.1, 0.15) is 78.5 Å². The van der Waals surface area contributed by atoms with Crippen LogP contribution in [0, 0.1) is 0 Å². The molecular formula is C14H19NO2. The lowest BCUT2D eigenvalue weighted by molar-refractivity contribution is 0.0696. The van der Waals surface area contributed by atoms with Crippen molar-refractivity contribution >= 4 is 5.97 Å². The van der Waals surface area contributed by atoms with Gasteiger partial charge in [0.15, 0.2) is 0 Å². The van der Waals surface area contributed by atoms with E-state index < -0.39 is 5.97 Å². The lowest BCUT2D eigenvalue weighted by Gasteiger charge is -2.20. The van der Waals surface area contributed by atoms with E-state index in [-0.39, 0.29) is 0 Å². The Morgan fingerprint density at radius 2 is 1.82 bits per heavy atom. The molecular weight excluding hydrogens is 214 g/mol. The molecule has 1 aromatic heterocycles. The molecule has 1 heterocycles. The fourth-order valence-electron chi connectivity index (χ4n) is 3.00. The Bertz CT molecular complexity index is 425. The minimum Gasteiger partial charge on any atom is -0.478 e. The number of carbonyl (C=O) groups is 1. The van der Waals surface area contributed by atoms with Gasteiger partial charge in [-0.25, -0.2) is 4.79 Å². The van der Waals surface area contributed by atoms with Crippen LogP contribution in [0.3, 0.4) is 0 Å². The van der Waals surface area contributed by atoms with Crippen molar-refractivity contribution in [3.63, 3.8) is 0 Å². The Kier molecular flexibility index (Phi) is 2.69. The first-order valence-electron chi connectivity index (χ1n) is 6.72. The van der Waals surface area contributed by atoms with Crippen molar-refractivity contribution in [2.45, 2.75) is 56.8 Å². The number of aromatic carboxylic acids is 1. The van der Waals surface area contributed by atoms with E-state index in [4.69, 9.17) is 0 Å². The smallest absolute Gasteiger partial charge is 0.337 e. The van der Waals surface area contributed by atoms with Gasteiger partial charge in [-0.05, 0) is 43.6 Å². The molecule has 3 rings (SSSR count). The summed E-state index contributed by atoms with van der Waals surface area (Å²) in [7, 11) is 0. The second kappa shape index (κ2) is 4.21. The zero-order valence-electron chi connectivity index (χ0n) is 10.0. The van der Waals surface area contributed by atoms with Gasteiger partial charge in [-0.1, -0.05) is 19.3 Å². The zero-order valence-corrected chi connectivity index (χ0v) is 10.0. The lowest BCUT2D eigenvalue weighted by Crippen LogP contribution is -2.04. The van der Waals surface area contributed by atoms with Crippen molar-refractivity contribution in [1.82, 2.24) is 4.98 Å². The van der Waals surface area contributed by atoms with Crippen LogP contribution in [0.5, 0.6) is 0 Å². The molecule has 0 saturated heterocycles. The van der Waals surface area contributed by atoms with Gasteiger partial charge >= 0.3 is 5.97 Å². The Morgan fingerprint density at radius 3 is 2.41 bits per heavy atom. The van der Waals surface area contributed by atoms with Crippen LogP contribution in [0.2, 0.25) is 0 Å². The van der Waals surface area contributed by atoms with E-state index in [0.29, 0.717) is 17.4 Å². The summed E-state index contributed by atoms with van der Waals surface area (Å²) in [4.78, 5) is 14.6. The SMILES string of the molecule is O=C(O)c1cc(C2CCCCC2)[nH]c1C1CC1. The number of carboxylic acids is 1. The molecule has 2 saturated carbocycles. The van der Waals surface area contributed by atoms with Crippen molar-refractivity contribution in [2.24, 2.45) is 0 Å². The largest absolute Gasteiger partial charge is 0.478 e. The van der Waals surface area contributed by atoms with Gasteiger partial charge in [0, 0.05) is 11.4 Å². The molecule has 0 spiro atoms. The van der Waals surface area contributed by atoms with Gasteiger partial charge in [0.05, 0.1) is 5.56 Å². The van der Waals surface area contributed by atoms with Crippen LogP contribution < -0.4 is 0 Å². The van der Waals surface area contributed by atoms with Gasteiger partial charge in [-0.3, -0.25) is 0 Å². The first kappa shape index (κ1) is 10.9. The van der Waals surface area contributed by atoms with Crippen molar-refractivity contribution < 1.29 is 9.90 Å². The van der Waals surface area contributed by atoms with Crippen molar-refractivity contribution in [3.05, 3.63) is 23.0 Å². The molecule has 0 aliphatic heterocycles. The molecule has 2 fully saturated rings. The Hall–Kier alpha value is -1.25. The lowest BCUT2D eigenvalue weighted by atomic mass is 9.87. The van der Waals surface area contributed by atoms with E-state index in [1.54, 1.807) is 0 Å². The maximum Gasteiger partial charge on any atom is 0.337 e. The fraction of sp³-hybridized carbons (Fsp3) is 0.643. The van der Waals surface area contributed by atoms with E-state index in [0.717, 1.165) is 18.5 Å². The highest BCUT2D eigenvalue weighted by Crippen LogP contribution is 2.43. The molecule has 1 aromatic rings. The topological polar surface area (TPSA) is 53.1 Å². The minimum atomic E-state index is -0.773. The summed E-state index contributed by atoms with van der Waals surface area (Å²) in [5.41, 5.74) is 2.68. The van der Waals surface area contributed by atoms with Gasteiger partial charge in [0.2, 0.25) is 0 Å². The van der Waals surface area contributed by atoms with Crippen LogP contribution in [-0.4, -0.2) is 16.1 Å². The summed E-state index contributed by atoms with van der Waals surface area (Å²) in [6, 6.07) is 1.89. The molecule has 0 amide bonds. The van der Waals surface area contributed by atoms with Crippen molar-refractivity contribution in [2.75, 3.05) is 0 Å². The zero-order chi connectivity index (χ0) is 11.8. The molecule has 92 valence electrons. The molecule has 2 aliphatic rings. The normalized spacial score (nSPS) is 21.6. The number of H-pyrrole nitrogens is 1. The molecule has 0 aromatic carbocycles. The number of aromatic nitrogens is 1. The molecule has 0 radical (unpaired) electrons. The second-order valence-electron chi connectivity index (χ2n) is 5.47. The predicted molar refractivity (Wildman–Crippen MR) is 65.6 cm³/mol. The highest BCUT2D eigenvalue weighted by atomic mass is 16.4. The summed E-state index contributed by atoms with van der Waals surface area (Å²) in [6.07, 6.45) is 8.61. The maximum atomic E-state index is 11.2. The van der Waals surface area contributed by atoms with E-state index in [1.165, 1.54) is 37.8 Å². The maximum absolute atomic E-state index is 11.2. The van der Waals surface area contributed by atoms with Crippen molar-refractivity contribution in [1.29, 1.82) is 0 Å².